The van der Waals surface area contributed by atoms with Crippen molar-refractivity contribution in [2.75, 3.05) is 37.9 Å². The number of ether oxygens (including phenoxy) is 2. The number of aromatic nitrogens is 1. The second-order valence-corrected chi connectivity index (χ2v) is 4.04. The van der Waals surface area contributed by atoms with Crippen LogP contribution in [0, 0.1) is 0 Å². The van der Waals surface area contributed by atoms with Gasteiger partial charge in [-0.3, -0.25) is 0 Å². The van der Waals surface area contributed by atoms with Crippen molar-refractivity contribution in [2.45, 2.75) is 19.8 Å². The molecule has 0 atom stereocenters. The summed E-state index contributed by atoms with van der Waals surface area (Å²) in [6, 6.07) is 1.58. The maximum atomic E-state index is 11.5. The van der Waals surface area contributed by atoms with Crippen LogP contribution in [0.5, 0.6) is 0 Å². The number of carbonyl (C=O) groups excluding carboxylic acids is 1. The number of anilines is 2. The van der Waals surface area contributed by atoms with Crippen molar-refractivity contribution in [1.29, 1.82) is 0 Å². The smallest absolute Gasteiger partial charge is 0.340 e. The number of pyridine rings is 1. The fourth-order valence-corrected chi connectivity index (χ4v) is 1.45. The van der Waals surface area contributed by atoms with E-state index in [2.05, 4.69) is 22.0 Å². The van der Waals surface area contributed by atoms with Gasteiger partial charge in [0.15, 0.2) is 0 Å². The zero-order valence-corrected chi connectivity index (χ0v) is 11.4. The molecule has 0 aliphatic rings. The predicted octanol–water partition coefficient (Wildman–Crippen LogP) is 1.68. The molecular weight excluding hydrogens is 246 g/mol. The van der Waals surface area contributed by atoms with E-state index in [1.165, 1.54) is 13.3 Å². The Morgan fingerprint density at radius 1 is 1.47 bits per heavy atom. The molecule has 0 aliphatic heterocycles. The highest BCUT2D eigenvalue weighted by Crippen LogP contribution is 2.15. The average Bonchev–Trinajstić information content (AvgIpc) is 2.43. The summed E-state index contributed by atoms with van der Waals surface area (Å²) in [5.41, 5.74) is 6.27. The monoisotopic (exact) mass is 267 g/mol. The molecule has 1 heterocycles. The number of nitrogen functional groups attached to an aromatic ring is 1. The van der Waals surface area contributed by atoms with Gasteiger partial charge in [0.2, 0.25) is 0 Å². The standard InChI is InChI=1S/C13H21N3O3/c1-3-4-6-19-7-5-15-12-8-10(13(17)18-2)11(14)9-16-12/h8-9H,3-7,14H2,1-2H3,(H,15,16). The molecule has 0 amide bonds. The molecule has 6 nitrogen and oxygen atoms in total. The molecule has 0 fully saturated rings. The van der Waals surface area contributed by atoms with Gasteiger partial charge in [-0.1, -0.05) is 13.3 Å². The van der Waals surface area contributed by atoms with E-state index in [4.69, 9.17) is 10.5 Å². The first kappa shape index (κ1) is 15.2. The highest BCUT2D eigenvalue weighted by atomic mass is 16.5. The van der Waals surface area contributed by atoms with Crippen LogP contribution in [0.15, 0.2) is 12.3 Å². The summed E-state index contributed by atoms with van der Waals surface area (Å²) in [5, 5.41) is 3.07. The van der Waals surface area contributed by atoms with E-state index in [9.17, 15) is 4.79 Å². The van der Waals surface area contributed by atoms with Crippen LogP contribution in [0.4, 0.5) is 11.5 Å². The quantitative estimate of drug-likeness (QED) is 0.550. The van der Waals surface area contributed by atoms with Crippen LogP contribution in [0.3, 0.4) is 0 Å². The molecule has 19 heavy (non-hydrogen) atoms. The largest absolute Gasteiger partial charge is 0.465 e. The normalized spacial score (nSPS) is 10.2. The third kappa shape index (κ3) is 5.13. The van der Waals surface area contributed by atoms with Crippen LogP contribution in [-0.4, -0.2) is 37.8 Å². The number of esters is 1. The van der Waals surface area contributed by atoms with Crippen molar-refractivity contribution in [2.24, 2.45) is 0 Å². The van der Waals surface area contributed by atoms with Gasteiger partial charge < -0.3 is 20.5 Å². The van der Waals surface area contributed by atoms with Crippen molar-refractivity contribution >= 4 is 17.5 Å². The highest BCUT2D eigenvalue weighted by molar-refractivity contribution is 5.95. The van der Waals surface area contributed by atoms with Gasteiger partial charge in [0, 0.05) is 13.2 Å². The molecule has 0 saturated carbocycles. The lowest BCUT2D eigenvalue weighted by Gasteiger charge is -2.09. The summed E-state index contributed by atoms with van der Waals surface area (Å²) < 4.78 is 10.1. The summed E-state index contributed by atoms with van der Waals surface area (Å²) in [5.74, 6) is 0.107. The van der Waals surface area contributed by atoms with Gasteiger partial charge in [0.25, 0.3) is 0 Å². The summed E-state index contributed by atoms with van der Waals surface area (Å²) in [6.07, 6.45) is 3.62. The minimum absolute atomic E-state index is 0.302. The Labute approximate surface area is 113 Å². The second kappa shape index (κ2) is 8.31. The zero-order valence-electron chi connectivity index (χ0n) is 11.4. The van der Waals surface area contributed by atoms with Gasteiger partial charge in [-0.05, 0) is 12.5 Å². The lowest BCUT2D eigenvalue weighted by atomic mass is 10.2. The fraction of sp³-hybridized carbons (Fsp3) is 0.538. The van der Waals surface area contributed by atoms with Crippen LogP contribution < -0.4 is 11.1 Å². The Morgan fingerprint density at radius 2 is 2.26 bits per heavy atom. The molecule has 1 aromatic rings. The molecular formula is C13H21N3O3. The minimum atomic E-state index is -0.470. The molecule has 0 bridgehead atoms. The number of hydrogen-bond donors (Lipinski definition) is 2. The lowest BCUT2D eigenvalue weighted by Crippen LogP contribution is -2.13. The number of nitrogens with zero attached hydrogens (tertiary/aromatic N) is 1. The molecule has 0 saturated heterocycles. The maximum Gasteiger partial charge on any atom is 0.340 e. The van der Waals surface area contributed by atoms with Gasteiger partial charge in [-0.2, -0.15) is 0 Å². The number of nitrogens with two attached hydrogens (primary N) is 1. The van der Waals surface area contributed by atoms with Crippen molar-refractivity contribution in [1.82, 2.24) is 4.98 Å². The van der Waals surface area contributed by atoms with Crippen molar-refractivity contribution in [3.05, 3.63) is 17.8 Å². The third-order valence-electron chi connectivity index (χ3n) is 2.53. The van der Waals surface area contributed by atoms with E-state index in [0.29, 0.717) is 30.2 Å². The number of nitrogens with one attached hydrogen (secondary N) is 1. The number of methoxy groups -OCH3 is 1. The molecule has 1 rings (SSSR count). The Kier molecular flexibility index (Phi) is 6.67. The SMILES string of the molecule is CCCCOCCNc1cc(C(=O)OC)c(N)cn1. The van der Waals surface area contributed by atoms with E-state index in [-0.39, 0.29) is 0 Å². The first-order chi connectivity index (χ1) is 9.19. The van der Waals surface area contributed by atoms with E-state index in [1.807, 2.05) is 0 Å². The molecule has 0 aliphatic carbocycles. The first-order valence-electron chi connectivity index (χ1n) is 6.34. The Bertz CT molecular complexity index is 410. The van der Waals surface area contributed by atoms with E-state index < -0.39 is 5.97 Å². The summed E-state index contributed by atoms with van der Waals surface area (Å²) in [4.78, 5) is 15.5. The van der Waals surface area contributed by atoms with Gasteiger partial charge >= 0.3 is 5.97 Å². The molecule has 0 radical (unpaired) electrons. The summed E-state index contributed by atoms with van der Waals surface area (Å²) in [7, 11) is 1.32. The topological polar surface area (TPSA) is 86.5 Å². The van der Waals surface area contributed by atoms with Gasteiger partial charge in [-0.25, -0.2) is 9.78 Å². The van der Waals surface area contributed by atoms with Crippen molar-refractivity contribution in [3.8, 4) is 0 Å². The van der Waals surface area contributed by atoms with Crippen LogP contribution in [0.2, 0.25) is 0 Å². The van der Waals surface area contributed by atoms with Gasteiger partial charge in [-0.15, -0.1) is 0 Å². The van der Waals surface area contributed by atoms with Crippen LogP contribution >= 0.6 is 0 Å². The maximum absolute atomic E-state index is 11.5. The molecule has 3 N–H and O–H groups in total. The number of hydrogen-bond acceptors (Lipinski definition) is 6. The van der Waals surface area contributed by atoms with Gasteiger partial charge in [0.1, 0.15) is 5.82 Å². The summed E-state index contributed by atoms with van der Waals surface area (Å²) >= 11 is 0. The minimum Gasteiger partial charge on any atom is -0.465 e. The van der Waals surface area contributed by atoms with Crippen LogP contribution in [0.25, 0.3) is 0 Å². The first-order valence-corrected chi connectivity index (χ1v) is 6.34. The average molecular weight is 267 g/mol. The third-order valence-corrected chi connectivity index (χ3v) is 2.53. The number of carbonyl (C=O) groups is 1. The Morgan fingerprint density at radius 3 is 2.95 bits per heavy atom. The Balaban J connectivity index is 2.44. The van der Waals surface area contributed by atoms with E-state index >= 15 is 0 Å². The van der Waals surface area contributed by atoms with Crippen LogP contribution in [-0.2, 0) is 9.47 Å². The number of unbranched alkanes of at least 4 members (excludes halogenated alkanes) is 1. The molecule has 1 aromatic heterocycles. The molecule has 6 heteroatoms. The zero-order chi connectivity index (χ0) is 14.1. The Hall–Kier alpha value is -1.82. The van der Waals surface area contributed by atoms with E-state index in [0.717, 1.165) is 19.4 Å². The number of rotatable bonds is 8. The van der Waals surface area contributed by atoms with Gasteiger partial charge in [0.05, 0.1) is 31.2 Å². The van der Waals surface area contributed by atoms with Crippen molar-refractivity contribution in [3.63, 3.8) is 0 Å². The molecule has 0 unspecified atom stereocenters. The lowest BCUT2D eigenvalue weighted by molar-refractivity contribution is 0.0602. The highest BCUT2D eigenvalue weighted by Gasteiger charge is 2.11. The van der Waals surface area contributed by atoms with E-state index in [1.54, 1.807) is 6.07 Å². The van der Waals surface area contributed by atoms with Crippen LogP contribution in [0.1, 0.15) is 30.1 Å². The molecule has 0 spiro atoms. The fourth-order valence-electron chi connectivity index (χ4n) is 1.45. The summed E-state index contributed by atoms with van der Waals surface area (Å²) in [6.45, 7) is 4.11. The molecule has 106 valence electrons. The van der Waals surface area contributed by atoms with Crippen molar-refractivity contribution < 1.29 is 14.3 Å². The predicted molar refractivity (Wildman–Crippen MR) is 74.2 cm³/mol. The second-order valence-electron chi connectivity index (χ2n) is 4.04. The molecule has 0 aromatic carbocycles.